The van der Waals surface area contributed by atoms with Crippen LogP contribution in [-0.2, 0) is 20.0 Å². The molecule has 148 valence electrons. The number of nitrogens with zero attached hydrogens (tertiary/aromatic N) is 1. The maximum atomic E-state index is 12.9. The Kier molecular flexibility index (Phi) is 5.95. The maximum absolute atomic E-state index is 12.9. The van der Waals surface area contributed by atoms with Gasteiger partial charge in [-0.1, -0.05) is 18.9 Å². The predicted octanol–water partition coefficient (Wildman–Crippen LogP) is 3.73. The van der Waals surface area contributed by atoms with Gasteiger partial charge in [0.25, 0.3) is 10.0 Å². The van der Waals surface area contributed by atoms with Gasteiger partial charge in [-0.25, -0.2) is 16.8 Å². The van der Waals surface area contributed by atoms with E-state index in [1.807, 2.05) is 6.92 Å². The maximum Gasteiger partial charge on any atom is 0.262 e. The number of benzene rings is 1. The van der Waals surface area contributed by atoms with Crippen molar-refractivity contribution < 1.29 is 16.8 Å². The number of thiophene rings is 1. The Hall–Kier alpha value is -1.42. The Bertz CT molecular complexity index is 1020. The average molecular weight is 429 g/mol. The van der Waals surface area contributed by atoms with Crippen molar-refractivity contribution in [3.63, 3.8) is 0 Å². The van der Waals surface area contributed by atoms with Gasteiger partial charge in [0.1, 0.15) is 4.90 Å². The molecule has 6 nitrogen and oxygen atoms in total. The van der Waals surface area contributed by atoms with Gasteiger partial charge in [0, 0.05) is 22.8 Å². The first kappa shape index (κ1) is 20.3. The summed E-state index contributed by atoms with van der Waals surface area (Å²) in [6.07, 6.45) is 3.77. The van der Waals surface area contributed by atoms with Gasteiger partial charge >= 0.3 is 0 Å². The second-order valence-corrected chi connectivity index (χ2v) is 11.8. The predicted molar refractivity (Wildman–Crippen MR) is 108 cm³/mol. The zero-order valence-corrected chi connectivity index (χ0v) is 17.9. The minimum atomic E-state index is -3.76. The van der Waals surface area contributed by atoms with Crippen molar-refractivity contribution in [1.29, 1.82) is 0 Å². The molecule has 2 heterocycles. The average Bonchev–Trinajstić information content (AvgIpc) is 2.80. The molecule has 1 saturated heterocycles. The van der Waals surface area contributed by atoms with E-state index >= 15 is 0 Å². The van der Waals surface area contributed by atoms with Gasteiger partial charge in [0.05, 0.1) is 10.6 Å². The first-order chi connectivity index (χ1) is 12.7. The summed E-state index contributed by atoms with van der Waals surface area (Å²) in [5.74, 6) is 0. The number of aryl methyl sites for hydroxylation is 2. The topological polar surface area (TPSA) is 83.5 Å². The summed E-state index contributed by atoms with van der Waals surface area (Å²) in [5.41, 5.74) is 0.245. The van der Waals surface area contributed by atoms with E-state index in [9.17, 15) is 16.8 Å². The van der Waals surface area contributed by atoms with Gasteiger partial charge in [0.2, 0.25) is 10.0 Å². The third-order valence-electron chi connectivity index (χ3n) is 4.57. The van der Waals surface area contributed by atoms with Gasteiger partial charge in [-0.3, -0.25) is 4.72 Å². The molecule has 0 atom stereocenters. The molecule has 1 aliphatic heterocycles. The lowest BCUT2D eigenvalue weighted by Crippen LogP contribution is -2.32. The third kappa shape index (κ3) is 4.53. The summed E-state index contributed by atoms with van der Waals surface area (Å²) >= 11 is 1.41. The fourth-order valence-corrected chi connectivity index (χ4v) is 7.40. The Morgan fingerprint density at radius 3 is 2.22 bits per heavy atom. The summed E-state index contributed by atoms with van der Waals surface area (Å²) in [6.45, 7) is 4.62. The first-order valence-corrected chi connectivity index (χ1v) is 12.6. The first-order valence-electron chi connectivity index (χ1n) is 8.90. The van der Waals surface area contributed by atoms with Crippen LogP contribution in [0.1, 0.15) is 35.4 Å². The van der Waals surface area contributed by atoms with Crippen LogP contribution in [0.2, 0.25) is 0 Å². The second-order valence-electron chi connectivity index (χ2n) is 6.73. The summed E-state index contributed by atoms with van der Waals surface area (Å²) in [7, 11) is -7.40. The normalized spacial score (nSPS) is 16.8. The van der Waals surface area contributed by atoms with Crippen molar-refractivity contribution in [2.75, 3.05) is 17.8 Å². The van der Waals surface area contributed by atoms with E-state index < -0.39 is 20.0 Å². The molecular weight excluding hydrogens is 404 g/mol. The van der Waals surface area contributed by atoms with E-state index in [0.717, 1.165) is 30.6 Å². The van der Waals surface area contributed by atoms with Crippen LogP contribution < -0.4 is 4.72 Å². The minimum absolute atomic E-state index is 0.114. The van der Waals surface area contributed by atoms with Gasteiger partial charge < -0.3 is 0 Å². The van der Waals surface area contributed by atoms with Crippen LogP contribution in [-0.4, -0.2) is 34.2 Å². The molecule has 0 bridgehead atoms. The highest BCUT2D eigenvalue weighted by atomic mass is 32.2. The lowest BCUT2D eigenvalue weighted by atomic mass is 10.2. The molecule has 0 saturated carbocycles. The lowest BCUT2D eigenvalue weighted by Gasteiger charge is -2.20. The zero-order chi connectivity index (χ0) is 19.7. The number of hydrogen-bond donors (Lipinski definition) is 1. The molecule has 1 aromatic heterocycles. The van der Waals surface area contributed by atoms with Gasteiger partial charge in [0.15, 0.2) is 0 Å². The molecule has 0 radical (unpaired) electrons. The van der Waals surface area contributed by atoms with Crippen LogP contribution in [0.3, 0.4) is 0 Å². The molecule has 0 aliphatic carbocycles. The van der Waals surface area contributed by atoms with Gasteiger partial charge in [-0.2, -0.15) is 4.31 Å². The SMILES string of the molecule is Cc1cc(S(=O)(=O)Nc2cccc(S(=O)(=O)N3CCCCCC3)c2)c(C)s1. The van der Waals surface area contributed by atoms with Crippen molar-refractivity contribution in [3.8, 4) is 0 Å². The van der Waals surface area contributed by atoms with Crippen LogP contribution in [0.25, 0.3) is 0 Å². The number of nitrogens with one attached hydrogen (secondary N) is 1. The Morgan fingerprint density at radius 1 is 0.963 bits per heavy atom. The number of hydrogen-bond acceptors (Lipinski definition) is 5. The van der Waals surface area contributed by atoms with Crippen molar-refractivity contribution in [1.82, 2.24) is 4.31 Å². The standard InChI is InChI=1S/C18H24N2O4S3/c1-14-12-18(15(2)25-14)26(21,22)19-16-8-7-9-17(13-16)27(23,24)20-10-5-3-4-6-11-20/h7-9,12-13,19H,3-6,10-11H2,1-2H3. The highest BCUT2D eigenvalue weighted by molar-refractivity contribution is 7.93. The van der Waals surface area contributed by atoms with Crippen LogP contribution in [0, 0.1) is 13.8 Å². The molecule has 1 fully saturated rings. The van der Waals surface area contributed by atoms with E-state index in [2.05, 4.69) is 4.72 Å². The molecule has 1 N–H and O–H groups in total. The molecule has 0 amide bonds. The molecule has 3 rings (SSSR count). The Balaban J connectivity index is 1.88. The minimum Gasteiger partial charge on any atom is -0.280 e. The van der Waals surface area contributed by atoms with Crippen molar-refractivity contribution in [2.45, 2.75) is 49.3 Å². The second kappa shape index (κ2) is 7.90. The summed E-state index contributed by atoms with van der Waals surface area (Å²) in [5, 5.41) is 0. The van der Waals surface area contributed by atoms with Gasteiger partial charge in [-0.05, 0) is 51.0 Å². The third-order valence-corrected chi connectivity index (χ3v) is 9.07. The smallest absolute Gasteiger partial charge is 0.262 e. The van der Waals surface area contributed by atoms with Crippen LogP contribution in [0.5, 0.6) is 0 Å². The molecule has 9 heteroatoms. The van der Waals surface area contributed by atoms with E-state index in [0.29, 0.717) is 18.0 Å². The summed E-state index contributed by atoms with van der Waals surface area (Å²) < 4.78 is 55.2. The molecule has 0 unspecified atom stereocenters. The van der Waals surface area contributed by atoms with E-state index in [1.165, 1.54) is 27.8 Å². The van der Waals surface area contributed by atoms with Crippen molar-refractivity contribution in [2.24, 2.45) is 0 Å². The summed E-state index contributed by atoms with van der Waals surface area (Å²) in [6, 6.07) is 7.66. The Morgan fingerprint density at radius 2 is 1.63 bits per heavy atom. The fraction of sp³-hybridized carbons (Fsp3) is 0.444. The molecule has 27 heavy (non-hydrogen) atoms. The summed E-state index contributed by atoms with van der Waals surface area (Å²) in [4.78, 5) is 1.95. The number of anilines is 1. The molecular formula is C18H24N2O4S3. The largest absolute Gasteiger partial charge is 0.280 e. The van der Waals surface area contributed by atoms with Crippen LogP contribution in [0.4, 0.5) is 5.69 Å². The van der Waals surface area contributed by atoms with E-state index in [1.54, 1.807) is 25.1 Å². The molecule has 1 aromatic carbocycles. The van der Waals surface area contributed by atoms with E-state index in [4.69, 9.17) is 0 Å². The van der Waals surface area contributed by atoms with Gasteiger partial charge in [-0.15, -0.1) is 11.3 Å². The van der Waals surface area contributed by atoms with Crippen molar-refractivity contribution >= 4 is 37.1 Å². The Labute approximate surface area is 165 Å². The number of rotatable bonds is 5. The monoisotopic (exact) mass is 428 g/mol. The molecule has 1 aliphatic rings. The van der Waals surface area contributed by atoms with Crippen molar-refractivity contribution in [3.05, 3.63) is 40.1 Å². The highest BCUT2D eigenvalue weighted by Gasteiger charge is 2.26. The zero-order valence-electron chi connectivity index (χ0n) is 15.4. The number of sulfonamides is 2. The molecule has 0 spiro atoms. The van der Waals surface area contributed by atoms with E-state index in [-0.39, 0.29) is 15.5 Å². The van der Waals surface area contributed by atoms with Crippen LogP contribution >= 0.6 is 11.3 Å². The molecule has 2 aromatic rings. The quantitative estimate of drug-likeness (QED) is 0.786. The highest BCUT2D eigenvalue weighted by Crippen LogP contribution is 2.28. The lowest BCUT2D eigenvalue weighted by molar-refractivity contribution is 0.424. The van der Waals surface area contributed by atoms with Crippen LogP contribution in [0.15, 0.2) is 40.1 Å². The fourth-order valence-electron chi connectivity index (χ4n) is 3.24.